The number of carbonyl (C=O) groups excluding carboxylic acids is 1. The van der Waals surface area contributed by atoms with Crippen molar-refractivity contribution in [3.63, 3.8) is 0 Å². The molecule has 0 radical (unpaired) electrons. The molecule has 0 bridgehead atoms. The second-order valence-electron chi connectivity index (χ2n) is 4.11. The van der Waals surface area contributed by atoms with E-state index in [1.54, 1.807) is 0 Å². The van der Waals surface area contributed by atoms with Crippen molar-refractivity contribution in [3.8, 4) is 0 Å². The van der Waals surface area contributed by atoms with E-state index >= 15 is 0 Å². The molecule has 1 aliphatic heterocycles. The van der Waals surface area contributed by atoms with Gasteiger partial charge in [0.05, 0.1) is 5.56 Å². The maximum atomic E-state index is 13.6. The Labute approximate surface area is 120 Å². The Morgan fingerprint density at radius 2 is 1.90 bits per heavy atom. The van der Waals surface area contributed by atoms with Gasteiger partial charge in [0, 0.05) is 5.56 Å². The zero-order chi connectivity index (χ0) is 15.1. The van der Waals surface area contributed by atoms with Gasteiger partial charge >= 0.3 is 18.2 Å². The molecule has 1 amide bonds. The molecule has 0 saturated carbocycles. The third-order valence-corrected chi connectivity index (χ3v) is 2.73. The third-order valence-electron chi connectivity index (χ3n) is 2.73. The zero-order valence-corrected chi connectivity index (χ0v) is 10.8. The molecule has 1 aromatic rings. The van der Waals surface area contributed by atoms with E-state index in [4.69, 9.17) is 0 Å². The van der Waals surface area contributed by atoms with E-state index in [9.17, 15) is 31.1 Å². The fraction of sp³-hybridized carbons (Fsp3) is 0.364. The number of amides is 1. The summed E-state index contributed by atoms with van der Waals surface area (Å²) in [5.41, 5.74) is -2.87. The van der Waals surface area contributed by atoms with Crippen LogP contribution in [0.4, 0.5) is 31.1 Å². The summed E-state index contributed by atoms with van der Waals surface area (Å²) in [5.74, 6) is -5.34. The van der Waals surface area contributed by atoms with Gasteiger partial charge in [0.1, 0.15) is 11.9 Å². The van der Waals surface area contributed by atoms with Crippen molar-refractivity contribution in [1.82, 2.24) is 5.32 Å². The summed E-state index contributed by atoms with van der Waals surface area (Å²) in [7, 11) is 0. The van der Waals surface area contributed by atoms with Gasteiger partial charge < -0.3 is 10.1 Å². The number of halogens is 7. The Balaban J connectivity index is 0.00000220. The average Bonchev–Trinajstić information content (AvgIpc) is 2.31. The predicted molar refractivity (Wildman–Crippen MR) is 60.8 cm³/mol. The van der Waals surface area contributed by atoms with Crippen LogP contribution < -0.4 is 5.32 Å². The number of hydrogen-bond donors (Lipinski definition) is 1. The van der Waals surface area contributed by atoms with E-state index < -0.39 is 47.8 Å². The minimum atomic E-state index is -5.03. The first-order chi connectivity index (χ1) is 9.13. The molecule has 1 aromatic carbocycles. The first-order valence-electron chi connectivity index (χ1n) is 5.29. The highest BCUT2D eigenvalue weighted by Gasteiger charge is 2.51. The molecule has 118 valence electrons. The van der Waals surface area contributed by atoms with Gasteiger partial charge in [-0.15, -0.1) is 12.4 Å². The largest absolute Gasteiger partial charge is 0.443 e. The summed E-state index contributed by atoms with van der Waals surface area (Å²) in [6.45, 7) is -1.42. The zero-order valence-electron chi connectivity index (χ0n) is 10.0. The van der Waals surface area contributed by atoms with Crippen molar-refractivity contribution < 1.29 is 35.9 Å². The number of cyclic esters (lactones) is 1. The minimum absolute atomic E-state index is 0. The second kappa shape index (κ2) is 5.63. The number of rotatable bonds is 1. The minimum Gasteiger partial charge on any atom is -0.443 e. The van der Waals surface area contributed by atoms with Crippen LogP contribution in [0.2, 0.25) is 0 Å². The lowest BCUT2D eigenvalue weighted by atomic mass is 9.94. The molecule has 1 fully saturated rings. The van der Waals surface area contributed by atoms with Crippen molar-refractivity contribution in [1.29, 1.82) is 0 Å². The van der Waals surface area contributed by atoms with Crippen molar-refractivity contribution >= 4 is 18.5 Å². The summed E-state index contributed by atoms with van der Waals surface area (Å²) >= 11 is 0. The van der Waals surface area contributed by atoms with Crippen LogP contribution in [-0.4, -0.2) is 18.6 Å². The van der Waals surface area contributed by atoms with Crippen LogP contribution in [0.1, 0.15) is 17.2 Å². The van der Waals surface area contributed by atoms with Gasteiger partial charge in [-0.3, -0.25) is 0 Å². The molecule has 0 spiro atoms. The molecular formula is C11H8ClF6NO2. The van der Waals surface area contributed by atoms with Gasteiger partial charge in [-0.2, -0.15) is 13.2 Å². The summed E-state index contributed by atoms with van der Waals surface area (Å²) < 4.78 is 83.2. The average molecular weight is 336 g/mol. The van der Waals surface area contributed by atoms with Gasteiger partial charge in [-0.05, 0) is 12.1 Å². The van der Waals surface area contributed by atoms with Gasteiger partial charge in [-0.25, -0.2) is 18.0 Å². The van der Waals surface area contributed by atoms with Crippen molar-refractivity contribution in [2.45, 2.75) is 18.1 Å². The summed E-state index contributed by atoms with van der Waals surface area (Å²) in [4.78, 5) is 10.9. The van der Waals surface area contributed by atoms with Gasteiger partial charge in [0.2, 0.25) is 0 Å². The molecular weight excluding hydrogens is 328 g/mol. The lowest BCUT2D eigenvalue weighted by molar-refractivity contribution is -0.142. The Kier molecular flexibility index (Phi) is 4.66. The molecule has 1 saturated heterocycles. The van der Waals surface area contributed by atoms with Crippen LogP contribution in [-0.2, 0) is 10.9 Å². The van der Waals surface area contributed by atoms with Crippen LogP contribution in [0.5, 0.6) is 0 Å². The van der Waals surface area contributed by atoms with Crippen molar-refractivity contribution in [2.24, 2.45) is 0 Å². The molecule has 0 aromatic heterocycles. The number of nitrogens with one attached hydrogen (secondary N) is 1. The molecule has 1 aliphatic rings. The number of alkyl halides is 5. The van der Waals surface area contributed by atoms with E-state index in [-0.39, 0.29) is 12.4 Å². The molecule has 0 aliphatic carbocycles. The number of hydrogen-bond acceptors (Lipinski definition) is 2. The number of carbonyl (C=O) groups is 1. The lowest BCUT2D eigenvalue weighted by Crippen LogP contribution is -2.50. The van der Waals surface area contributed by atoms with Crippen molar-refractivity contribution in [2.75, 3.05) is 6.61 Å². The highest BCUT2D eigenvalue weighted by Crippen LogP contribution is 2.42. The first-order valence-corrected chi connectivity index (χ1v) is 5.29. The maximum absolute atomic E-state index is 13.6. The third kappa shape index (κ3) is 3.34. The molecule has 1 heterocycles. The van der Waals surface area contributed by atoms with Crippen molar-refractivity contribution in [3.05, 3.63) is 35.1 Å². The lowest BCUT2D eigenvalue weighted by Gasteiger charge is -2.33. The molecule has 2 rings (SSSR count). The first kappa shape index (κ1) is 17.4. The van der Waals surface area contributed by atoms with E-state index in [0.717, 1.165) is 6.07 Å². The van der Waals surface area contributed by atoms with E-state index in [0.29, 0.717) is 12.1 Å². The number of ether oxygens (including phenoxy) is 1. The molecule has 0 unspecified atom stereocenters. The summed E-state index contributed by atoms with van der Waals surface area (Å²) in [5, 5.41) is 1.53. The van der Waals surface area contributed by atoms with Crippen LogP contribution >= 0.6 is 12.4 Å². The van der Waals surface area contributed by atoms with Gasteiger partial charge in [0.25, 0.3) is 0 Å². The Bertz CT molecular complexity index is 548. The Morgan fingerprint density at radius 1 is 1.29 bits per heavy atom. The highest BCUT2D eigenvalue weighted by molar-refractivity contribution is 5.85. The van der Waals surface area contributed by atoms with Crippen LogP contribution in [0.15, 0.2) is 18.2 Å². The predicted octanol–water partition coefficient (Wildman–Crippen LogP) is 3.68. The standard InChI is InChI=1S/C11H7F6NO2.ClH/c12-6-3-1-2-5(11(15,16)17)7(6)8-10(13,14)4-20-9(19)18-8;/h1-3,8H,4H2,(H,18,19);1H/t8-;/m0./s1. The second-order valence-corrected chi connectivity index (χ2v) is 4.11. The SMILES string of the molecule is Cl.O=C1N[C@@H](c2c(F)cccc2C(F)(F)F)C(F)(F)CO1. The van der Waals surface area contributed by atoms with E-state index in [1.807, 2.05) is 0 Å². The summed E-state index contributed by atoms with van der Waals surface area (Å²) in [6.07, 6.45) is -6.37. The van der Waals surface area contributed by atoms with E-state index in [1.165, 1.54) is 5.32 Å². The van der Waals surface area contributed by atoms with Crippen LogP contribution in [0.25, 0.3) is 0 Å². The smallest absolute Gasteiger partial charge is 0.416 e. The number of alkyl carbamates (subject to hydrolysis) is 1. The van der Waals surface area contributed by atoms with Crippen LogP contribution in [0.3, 0.4) is 0 Å². The highest BCUT2D eigenvalue weighted by atomic mass is 35.5. The van der Waals surface area contributed by atoms with Gasteiger partial charge in [-0.1, -0.05) is 6.07 Å². The van der Waals surface area contributed by atoms with Crippen LogP contribution in [0, 0.1) is 5.82 Å². The summed E-state index contributed by atoms with van der Waals surface area (Å²) in [6, 6.07) is -0.610. The van der Waals surface area contributed by atoms with Gasteiger partial charge in [0.15, 0.2) is 6.61 Å². The fourth-order valence-electron chi connectivity index (χ4n) is 1.87. The quantitative estimate of drug-likeness (QED) is 0.795. The Hall–Kier alpha value is -1.64. The Morgan fingerprint density at radius 3 is 2.48 bits per heavy atom. The molecule has 3 nitrogen and oxygen atoms in total. The number of benzene rings is 1. The molecule has 10 heteroatoms. The maximum Gasteiger partial charge on any atom is 0.416 e. The monoisotopic (exact) mass is 335 g/mol. The molecule has 1 N–H and O–H groups in total. The fourth-order valence-corrected chi connectivity index (χ4v) is 1.87. The normalized spacial score (nSPS) is 21.0. The topological polar surface area (TPSA) is 38.3 Å². The van der Waals surface area contributed by atoms with E-state index in [2.05, 4.69) is 4.74 Å². The molecule has 21 heavy (non-hydrogen) atoms. The molecule has 1 atom stereocenters.